The van der Waals surface area contributed by atoms with Crippen molar-refractivity contribution in [1.29, 1.82) is 0 Å². The van der Waals surface area contributed by atoms with Gasteiger partial charge in [-0.15, -0.1) is 0 Å². The Morgan fingerprint density at radius 2 is 1.95 bits per heavy atom. The lowest BCUT2D eigenvalue weighted by Gasteiger charge is -2.21. The first-order valence-electron chi connectivity index (χ1n) is 7.51. The highest BCUT2D eigenvalue weighted by Gasteiger charge is 2.45. The first kappa shape index (κ1) is 15.4. The molecule has 1 fully saturated rings. The predicted molar refractivity (Wildman–Crippen MR) is 81.5 cm³/mol. The summed E-state index contributed by atoms with van der Waals surface area (Å²) in [5.74, 6) is -0.483. The van der Waals surface area contributed by atoms with Gasteiger partial charge in [-0.25, -0.2) is 4.79 Å². The van der Waals surface area contributed by atoms with Crippen LogP contribution in [0.5, 0.6) is 0 Å². The van der Waals surface area contributed by atoms with Gasteiger partial charge in [-0.2, -0.15) is 0 Å². The lowest BCUT2D eigenvalue weighted by atomic mass is 10.1. The number of nitrogens with two attached hydrogens (primary N) is 1. The van der Waals surface area contributed by atoms with Gasteiger partial charge >= 0.3 is 6.03 Å². The second-order valence-corrected chi connectivity index (χ2v) is 5.64. The van der Waals surface area contributed by atoms with Gasteiger partial charge in [0.2, 0.25) is 5.91 Å². The highest BCUT2D eigenvalue weighted by molar-refractivity contribution is 5.86. The number of hydrogen-bond donors (Lipinski definition) is 3. The molecule has 0 unspecified atom stereocenters. The molecule has 5 heteroatoms. The van der Waals surface area contributed by atoms with E-state index in [9.17, 15) is 9.59 Å². The molecule has 4 N–H and O–H groups in total. The molecular weight excluding hydrogens is 266 g/mol. The number of benzene rings is 1. The van der Waals surface area contributed by atoms with Crippen molar-refractivity contribution in [3.05, 3.63) is 35.9 Å². The van der Waals surface area contributed by atoms with E-state index in [0.29, 0.717) is 6.42 Å². The molecule has 1 aromatic carbocycles. The quantitative estimate of drug-likeness (QED) is 0.717. The third-order valence-corrected chi connectivity index (χ3v) is 3.92. The Hall–Kier alpha value is -2.04. The fourth-order valence-corrected chi connectivity index (χ4v) is 2.47. The fourth-order valence-electron chi connectivity index (χ4n) is 2.47. The van der Waals surface area contributed by atoms with E-state index >= 15 is 0 Å². The highest BCUT2D eigenvalue weighted by atomic mass is 16.2. The van der Waals surface area contributed by atoms with Crippen LogP contribution in [0.15, 0.2) is 30.3 Å². The first-order valence-corrected chi connectivity index (χ1v) is 7.51. The summed E-state index contributed by atoms with van der Waals surface area (Å²) in [5.41, 5.74) is 6.16. The van der Waals surface area contributed by atoms with Crippen LogP contribution in [0.2, 0.25) is 0 Å². The second-order valence-electron chi connectivity index (χ2n) is 5.64. The smallest absolute Gasteiger partial charge is 0.316 e. The molecule has 0 heterocycles. The van der Waals surface area contributed by atoms with E-state index in [4.69, 9.17) is 5.73 Å². The molecule has 5 nitrogen and oxygen atoms in total. The molecule has 0 aliphatic heterocycles. The van der Waals surface area contributed by atoms with E-state index in [0.717, 1.165) is 31.2 Å². The topological polar surface area (TPSA) is 84.2 Å². The van der Waals surface area contributed by atoms with Crippen LogP contribution >= 0.6 is 0 Å². The number of nitrogens with one attached hydrogen (secondary N) is 2. The summed E-state index contributed by atoms with van der Waals surface area (Å²) < 4.78 is 0. The zero-order valence-corrected chi connectivity index (χ0v) is 12.4. The van der Waals surface area contributed by atoms with E-state index in [1.165, 1.54) is 0 Å². The van der Waals surface area contributed by atoms with Gasteiger partial charge in [-0.1, -0.05) is 50.1 Å². The Balaban J connectivity index is 1.93. The van der Waals surface area contributed by atoms with Gasteiger partial charge in [0.1, 0.15) is 6.04 Å². The number of carbonyl (C=O) groups is 2. The maximum atomic E-state index is 12.1. The number of amides is 3. The number of primary amides is 1. The van der Waals surface area contributed by atoms with Crippen LogP contribution in [0, 0.1) is 0 Å². The van der Waals surface area contributed by atoms with Gasteiger partial charge in [-0.3, -0.25) is 4.79 Å². The average molecular weight is 289 g/mol. The Kier molecular flexibility index (Phi) is 4.83. The molecule has 1 aliphatic rings. The van der Waals surface area contributed by atoms with Crippen molar-refractivity contribution in [2.24, 2.45) is 5.73 Å². The summed E-state index contributed by atoms with van der Waals surface area (Å²) in [4.78, 5) is 23.5. The van der Waals surface area contributed by atoms with Crippen molar-refractivity contribution in [2.75, 3.05) is 0 Å². The third-order valence-electron chi connectivity index (χ3n) is 3.92. The molecule has 0 saturated heterocycles. The summed E-state index contributed by atoms with van der Waals surface area (Å²) in [5, 5.41) is 5.68. The van der Waals surface area contributed by atoms with Crippen LogP contribution < -0.4 is 16.4 Å². The zero-order chi connectivity index (χ0) is 15.3. The number of carbonyl (C=O) groups excluding carboxylic acids is 2. The van der Waals surface area contributed by atoms with Crippen molar-refractivity contribution in [2.45, 2.75) is 50.6 Å². The zero-order valence-electron chi connectivity index (χ0n) is 12.4. The summed E-state index contributed by atoms with van der Waals surface area (Å²) >= 11 is 0. The SMILES string of the molecule is CCCC[C@H](NC(=O)NC1(c2ccccc2)CC1)C(N)=O. The summed E-state index contributed by atoms with van der Waals surface area (Å²) in [7, 11) is 0. The molecule has 0 spiro atoms. The molecule has 114 valence electrons. The normalized spacial score (nSPS) is 16.8. The van der Waals surface area contributed by atoms with Gasteiger partial charge in [0.05, 0.1) is 5.54 Å². The van der Waals surface area contributed by atoms with Crippen LogP contribution in [0.25, 0.3) is 0 Å². The van der Waals surface area contributed by atoms with Gasteiger partial charge in [0.15, 0.2) is 0 Å². The number of rotatable bonds is 7. The molecular formula is C16H23N3O2. The van der Waals surface area contributed by atoms with Crippen LogP contribution in [0.3, 0.4) is 0 Å². The van der Waals surface area contributed by atoms with Crippen LogP contribution in [-0.4, -0.2) is 18.0 Å². The lowest BCUT2D eigenvalue weighted by Crippen LogP contribution is -2.50. The molecule has 21 heavy (non-hydrogen) atoms. The minimum absolute atomic E-state index is 0.279. The number of unbranched alkanes of at least 4 members (excludes halogenated alkanes) is 1. The van der Waals surface area contributed by atoms with E-state index in [-0.39, 0.29) is 11.6 Å². The van der Waals surface area contributed by atoms with E-state index in [1.807, 2.05) is 37.3 Å². The molecule has 1 atom stereocenters. The van der Waals surface area contributed by atoms with Gasteiger partial charge in [-0.05, 0) is 24.8 Å². The minimum atomic E-state index is -0.600. The van der Waals surface area contributed by atoms with Crippen molar-refractivity contribution < 1.29 is 9.59 Å². The second kappa shape index (κ2) is 6.61. The summed E-state index contributed by atoms with van der Waals surface area (Å²) in [6.45, 7) is 2.03. The Morgan fingerprint density at radius 3 is 2.48 bits per heavy atom. The lowest BCUT2D eigenvalue weighted by molar-refractivity contribution is -0.119. The predicted octanol–water partition coefficient (Wildman–Crippen LogP) is 2.02. The van der Waals surface area contributed by atoms with E-state index < -0.39 is 11.9 Å². The van der Waals surface area contributed by atoms with Gasteiger partial charge in [0, 0.05) is 0 Å². The van der Waals surface area contributed by atoms with E-state index in [2.05, 4.69) is 10.6 Å². The maximum absolute atomic E-state index is 12.1. The number of urea groups is 1. The standard InChI is InChI=1S/C16H23N3O2/c1-2-3-9-13(14(17)20)18-15(21)19-16(10-11-16)12-7-5-4-6-8-12/h4-8,13H,2-3,9-11H2,1H3,(H2,17,20)(H2,18,19,21)/t13-/m0/s1. The molecule has 0 bridgehead atoms. The molecule has 0 aromatic heterocycles. The van der Waals surface area contributed by atoms with E-state index in [1.54, 1.807) is 0 Å². The van der Waals surface area contributed by atoms with Crippen molar-refractivity contribution in [3.8, 4) is 0 Å². The average Bonchev–Trinajstić information content (AvgIpc) is 3.25. The van der Waals surface area contributed by atoms with Crippen molar-refractivity contribution >= 4 is 11.9 Å². The van der Waals surface area contributed by atoms with Gasteiger partial charge < -0.3 is 16.4 Å². The maximum Gasteiger partial charge on any atom is 0.316 e. The van der Waals surface area contributed by atoms with Crippen LogP contribution in [0.1, 0.15) is 44.6 Å². The third kappa shape index (κ3) is 3.97. The van der Waals surface area contributed by atoms with Crippen molar-refractivity contribution in [1.82, 2.24) is 10.6 Å². The molecule has 1 aromatic rings. The highest BCUT2D eigenvalue weighted by Crippen LogP contribution is 2.45. The van der Waals surface area contributed by atoms with Crippen LogP contribution in [0.4, 0.5) is 4.79 Å². The summed E-state index contributed by atoms with van der Waals surface area (Å²) in [6.07, 6.45) is 4.23. The Labute approximate surface area is 125 Å². The van der Waals surface area contributed by atoms with Gasteiger partial charge in [0.25, 0.3) is 0 Å². The molecule has 0 radical (unpaired) electrons. The molecule has 1 aliphatic carbocycles. The monoisotopic (exact) mass is 289 g/mol. The Bertz CT molecular complexity index is 498. The summed E-state index contributed by atoms with van der Waals surface area (Å²) in [6, 6.07) is 8.97. The number of hydrogen-bond acceptors (Lipinski definition) is 2. The first-order chi connectivity index (χ1) is 10.1. The fraction of sp³-hybridized carbons (Fsp3) is 0.500. The minimum Gasteiger partial charge on any atom is -0.368 e. The Morgan fingerprint density at radius 1 is 1.29 bits per heavy atom. The molecule has 1 saturated carbocycles. The molecule has 3 amide bonds. The largest absolute Gasteiger partial charge is 0.368 e. The molecule has 2 rings (SSSR count). The van der Waals surface area contributed by atoms with Crippen LogP contribution in [-0.2, 0) is 10.3 Å². The van der Waals surface area contributed by atoms with Crippen molar-refractivity contribution in [3.63, 3.8) is 0 Å².